The Labute approximate surface area is 111 Å². The zero-order chi connectivity index (χ0) is 13.8. The molecule has 4 N–H and O–H groups in total. The predicted molar refractivity (Wildman–Crippen MR) is 70.1 cm³/mol. The number of carbonyl (C=O) groups excluding carboxylic acids is 1. The van der Waals surface area contributed by atoms with Crippen molar-refractivity contribution in [3.05, 3.63) is 22.9 Å². The lowest BCUT2D eigenvalue weighted by Crippen LogP contribution is -2.19. The van der Waals surface area contributed by atoms with Gasteiger partial charge in [0.25, 0.3) is 5.91 Å². The highest BCUT2D eigenvalue weighted by Crippen LogP contribution is 2.24. The van der Waals surface area contributed by atoms with E-state index < -0.39 is 11.9 Å². The van der Waals surface area contributed by atoms with Crippen LogP contribution in [0.3, 0.4) is 0 Å². The van der Waals surface area contributed by atoms with Crippen LogP contribution in [0.1, 0.15) is 40.9 Å². The molecule has 19 heavy (non-hydrogen) atoms. The first kappa shape index (κ1) is 13.3. The summed E-state index contributed by atoms with van der Waals surface area (Å²) in [5, 5.41) is 11.5. The Hall–Kier alpha value is -2.11. The third kappa shape index (κ3) is 3.21. The monoisotopic (exact) mass is 263 g/mol. The molecule has 1 aromatic rings. The Bertz CT molecular complexity index is 514. The number of aromatic nitrogens is 1. The second kappa shape index (κ2) is 5.69. The predicted octanol–water partition coefficient (Wildman–Crippen LogP) is 0.946. The van der Waals surface area contributed by atoms with E-state index in [-0.39, 0.29) is 13.0 Å². The van der Waals surface area contributed by atoms with Crippen molar-refractivity contribution in [2.24, 2.45) is 5.73 Å². The van der Waals surface area contributed by atoms with Crippen molar-refractivity contribution >= 4 is 17.7 Å². The number of hydrogen-bond donors (Lipinski definition) is 3. The summed E-state index contributed by atoms with van der Waals surface area (Å²) >= 11 is 0. The van der Waals surface area contributed by atoms with Crippen LogP contribution >= 0.6 is 0 Å². The normalized spacial score (nSPS) is 13.7. The van der Waals surface area contributed by atoms with Gasteiger partial charge < -0.3 is 16.2 Å². The first-order valence-electron chi connectivity index (χ1n) is 6.36. The average Bonchev–Trinajstić information content (AvgIpc) is 2.37. The topological polar surface area (TPSA) is 105 Å². The number of pyridine rings is 1. The first-order valence-corrected chi connectivity index (χ1v) is 6.36. The number of carbonyl (C=O) groups is 2. The quantitative estimate of drug-likeness (QED) is 0.733. The van der Waals surface area contributed by atoms with Crippen LogP contribution in [0.15, 0.2) is 6.07 Å². The molecular weight excluding hydrogens is 246 g/mol. The fraction of sp³-hybridized carbons (Fsp3) is 0.462. The number of primary amides is 1. The summed E-state index contributed by atoms with van der Waals surface area (Å²) in [6, 6.07) is 1.78. The fourth-order valence-corrected chi connectivity index (χ4v) is 2.24. The molecule has 0 saturated heterocycles. The first-order chi connectivity index (χ1) is 9.08. The van der Waals surface area contributed by atoms with Crippen molar-refractivity contribution in [1.82, 2.24) is 4.98 Å². The lowest BCUT2D eigenvalue weighted by molar-refractivity contribution is -0.136. The van der Waals surface area contributed by atoms with Gasteiger partial charge in [0, 0.05) is 12.2 Å². The van der Waals surface area contributed by atoms with E-state index in [2.05, 4.69) is 10.3 Å². The van der Waals surface area contributed by atoms with Crippen LogP contribution in [0, 0.1) is 0 Å². The van der Waals surface area contributed by atoms with Gasteiger partial charge in [-0.3, -0.25) is 9.59 Å². The van der Waals surface area contributed by atoms with E-state index in [0.29, 0.717) is 11.4 Å². The van der Waals surface area contributed by atoms with Gasteiger partial charge in [-0.1, -0.05) is 0 Å². The number of nitrogens with one attached hydrogen (secondary N) is 1. The fourth-order valence-electron chi connectivity index (χ4n) is 2.24. The van der Waals surface area contributed by atoms with Gasteiger partial charge in [0.15, 0.2) is 0 Å². The number of fused-ring (bicyclic) bond motifs is 1. The maximum Gasteiger partial charge on any atom is 0.305 e. The molecule has 102 valence electrons. The third-order valence-corrected chi connectivity index (χ3v) is 3.20. The zero-order valence-electron chi connectivity index (χ0n) is 10.6. The molecule has 1 aliphatic carbocycles. The van der Waals surface area contributed by atoms with Crippen molar-refractivity contribution < 1.29 is 14.7 Å². The van der Waals surface area contributed by atoms with E-state index in [9.17, 15) is 9.59 Å². The SMILES string of the molecule is NC(=O)c1cc2c(nc1NCCC(=O)O)CCCC2. The maximum atomic E-state index is 11.4. The third-order valence-electron chi connectivity index (χ3n) is 3.20. The number of anilines is 1. The minimum Gasteiger partial charge on any atom is -0.481 e. The van der Waals surface area contributed by atoms with E-state index in [1.807, 2.05) is 0 Å². The smallest absolute Gasteiger partial charge is 0.305 e. The number of aliphatic carboxylic acids is 1. The second-order valence-corrected chi connectivity index (χ2v) is 4.63. The summed E-state index contributed by atoms with van der Waals surface area (Å²) in [5.41, 5.74) is 7.74. The van der Waals surface area contributed by atoms with Gasteiger partial charge in [0.05, 0.1) is 12.0 Å². The highest BCUT2D eigenvalue weighted by atomic mass is 16.4. The molecule has 1 aliphatic rings. The van der Waals surface area contributed by atoms with E-state index in [4.69, 9.17) is 10.8 Å². The molecule has 0 bridgehead atoms. The molecule has 0 spiro atoms. The minimum atomic E-state index is -0.897. The maximum absolute atomic E-state index is 11.4. The highest BCUT2D eigenvalue weighted by Gasteiger charge is 2.17. The average molecular weight is 263 g/mol. The standard InChI is InChI=1S/C13H17N3O3/c14-12(19)9-7-8-3-1-2-4-10(8)16-13(9)15-6-5-11(17)18/h7H,1-6H2,(H2,14,19)(H,15,16)(H,17,18). The van der Waals surface area contributed by atoms with Crippen LogP contribution < -0.4 is 11.1 Å². The van der Waals surface area contributed by atoms with E-state index in [0.717, 1.165) is 36.9 Å². The summed E-state index contributed by atoms with van der Waals surface area (Å²) < 4.78 is 0. The lowest BCUT2D eigenvalue weighted by Gasteiger charge is -2.18. The summed E-state index contributed by atoms with van der Waals surface area (Å²) in [7, 11) is 0. The largest absolute Gasteiger partial charge is 0.481 e. The molecule has 0 radical (unpaired) electrons. The number of hydrogen-bond acceptors (Lipinski definition) is 4. The number of nitrogens with two attached hydrogens (primary N) is 1. The van der Waals surface area contributed by atoms with Gasteiger partial charge in [-0.05, 0) is 37.3 Å². The number of carboxylic acid groups (broad SMARTS) is 1. The molecule has 2 rings (SSSR count). The van der Waals surface area contributed by atoms with Gasteiger partial charge in [-0.2, -0.15) is 0 Å². The molecule has 0 unspecified atom stereocenters. The molecule has 0 saturated carbocycles. The number of nitrogens with zero attached hydrogens (tertiary/aromatic N) is 1. The molecule has 6 heteroatoms. The highest BCUT2D eigenvalue weighted by molar-refractivity contribution is 5.97. The molecule has 1 amide bonds. The number of rotatable bonds is 5. The summed E-state index contributed by atoms with van der Waals surface area (Å²) in [5.74, 6) is -1.04. The summed E-state index contributed by atoms with van der Waals surface area (Å²) in [4.78, 5) is 26.3. The van der Waals surface area contributed by atoms with Crippen molar-refractivity contribution in [3.8, 4) is 0 Å². The molecule has 1 heterocycles. The van der Waals surface area contributed by atoms with Crippen molar-refractivity contribution in [2.75, 3.05) is 11.9 Å². The van der Waals surface area contributed by atoms with Gasteiger partial charge >= 0.3 is 5.97 Å². The summed E-state index contributed by atoms with van der Waals surface area (Å²) in [6.45, 7) is 0.224. The van der Waals surface area contributed by atoms with Crippen LogP contribution in [-0.4, -0.2) is 28.5 Å². The van der Waals surface area contributed by atoms with Crippen LogP contribution in [0.5, 0.6) is 0 Å². The second-order valence-electron chi connectivity index (χ2n) is 4.63. The molecular formula is C13H17N3O3. The van der Waals surface area contributed by atoms with Gasteiger partial charge in [-0.25, -0.2) is 4.98 Å². The Morgan fingerprint density at radius 2 is 2.11 bits per heavy atom. The molecule has 6 nitrogen and oxygen atoms in total. The Balaban J connectivity index is 2.24. The molecule has 1 aromatic heterocycles. The zero-order valence-corrected chi connectivity index (χ0v) is 10.6. The van der Waals surface area contributed by atoms with Crippen LogP contribution in [0.4, 0.5) is 5.82 Å². The lowest BCUT2D eigenvalue weighted by atomic mass is 9.94. The summed E-state index contributed by atoms with van der Waals surface area (Å²) in [6.07, 6.45) is 3.96. The van der Waals surface area contributed by atoms with Crippen LogP contribution in [-0.2, 0) is 17.6 Å². The van der Waals surface area contributed by atoms with Crippen molar-refractivity contribution in [1.29, 1.82) is 0 Å². The van der Waals surface area contributed by atoms with E-state index >= 15 is 0 Å². The van der Waals surface area contributed by atoms with Crippen molar-refractivity contribution in [2.45, 2.75) is 32.1 Å². The van der Waals surface area contributed by atoms with Crippen LogP contribution in [0.2, 0.25) is 0 Å². The van der Waals surface area contributed by atoms with Crippen molar-refractivity contribution in [3.63, 3.8) is 0 Å². The van der Waals surface area contributed by atoms with Gasteiger partial charge in [-0.15, -0.1) is 0 Å². The van der Waals surface area contributed by atoms with Gasteiger partial charge in [0.1, 0.15) is 5.82 Å². The number of aryl methyl sites for hydroxylation is 2. The van der Waals surface area contributed by atoms with Gasteiger partial charge in [0.2, 0.25) is 0 Å². The molecule has 0 fully saturated rings. The Morgan fingerprint density at radius 3 is 2.79 bits per heavy atom. The van der Waals surface area contributed by atoms with E-state index in [1.54, 1.807) is 6.07 Å². The molecule has 0 aromatic carbocycles. The Morgan fingerprint density at radius 1 is 1.37 bits per heavy atom. The van der Waals surface area contributed by atoms with E-state index in [1.165, 1.54) is 0 Å². The minimum absolute atomic E-state index is 0.0308. The number of carboxylic acids is 1. The molecule has 0 aliphatic heterocycles. The van der Waals surface area contributed by atoms with Crippen LogP contribution in [0.25, 0.3) is 0 Å². The Kier molecular flexibility index (Phi) is 3.99. The molecule has 0 atom stereocenters. The number of amides is 1.